The number of H-pyrrole nitrogens is 1. The minimum atomic E-state index is -4.54. The molecular formula is C15H14F3N5O. The maximum Gasteiger partial charge on any atom is 0.417 e. The zero-order chi connectivity index (χ0) is 17.2. The van der Waals surface area contributed by atoms with Gasteiger partial charge in [0.25, 0.3) is 0 Å². The predicted octanol–water partition coefficient (Wildman–Crippen LogP) is 2.48. The summed E-state index contributed by atoms with van der Waals surface area (Å²) >= 11 is 0. The summed E-state index contributed by atoms with van der Waals surface area (Å²) in [5.41, 5.74) is -0.224. The van der Waals surface area contributed by atoms with Gasteiger partial charge in [0.2, 0.25) is 0 Å². The average Bonchev–Trinajstić information content (AvgIpc) is 2.93. The van der Waals surface area contributed by atoms with Crippen molar-refractivity contribution in [3.8, 4) is 0 Å². The predicted molar refractivity (Wildman–Crippen MR) is 81.9 cm³/mol. The lowest BCUT2D eigenvalue weighted by Crippen LogP contribution is -2.15. The summed E-state index contributed by atoms with van der Waals surface area (Å²) in [6, 6.07) is 4.73. The Balaban J connectivity index is 1.77. The first-order valence-corrected chi connectivity index (χ1v) is 7.26. The molecule has 0 atom stereocenters. The lowest BCUT2D eigenvalue weighted by Gasteiger charge is -2.12. The number of hydrogen-bond acceptors (Lipinski definition) is 4. The molecule has 0 radical (unpaired) electrons. The molecule has 0 unspecified atom stereocenters. The molecule has 0 saturated heterocycles. The lowest BCUT2D eigenvalue weighted by molar-refractivity contribution is -0.137. The Morgan fingerprint density at radius 2 is 2.00 bits per heavy atom. The Bertz CT molecular complexity index is 886. The van der Waals surface area contributed by atoms with Crippen molar-refractivity contribution in [2.45, 2.75) is 19.0 Å². The summed E-state index contributed by atoms with van der Waals surface area (Å²) in [4.78, 5) is 15.5. The van der Waals surface area contributed by atoms with Gasteiger partial charge in [-0.15, -0.1) is 0 Å². The quantitative estimate of drug-likeness (QED) is 0.702. The summed E-state index contributed by atoms with van der Waals surface area (Å²) in [6.07, 6.45) is 1.05. The van der Waals surface area contributed by atoms with Crippen molar-refractivity contribution in [3.05, 3.63) is 58.4 Å². The standard InChI is InChI=1S/C15H14F3N5O/c16-15(17,18)11-8-12(13-21-22-14(24)23(13)9-11)20-5-1-2-10-3-6-19-7-4-10/h3-4,6-9,20H,1-2,5H2,(H,22,24). The lowest BCUT2D eigenvalue weighted by atomic mass is 10.1. The second kappa shape index (κ2) is 6.34. The highest BCUT2D eigenvalue weighted by molar-refractivity contribution is 5.68. The molecule has 126 valence electrons. The molecule has 0 bridgehead atoms. The topological polar surface area (TPSA) is 75.1 Å². The van der Waals surface area contributed by atoms with Crippen molar-refractivity contribution in [2.24, 2.45) is 0 Å². The van der Waals surface area contributed by atoms with Gasteiger partial charge in [-0.1, -0.05) is 0 Å². The minimum absolute atomic E-state index is 0.136. The average molecular weight is 337 g/mol. The van der Waals surface area contributed by atoms with Crippen molar-refractivity contribution in [1.82, 2.24) is 19.6 Å². The van der Waals surface area contributed by atoms with E-state index in [1.165, 1.54) is 0 Å². The number of alkyl halides is 3. The SMILES string of the molecule is O=c1[nH]nc2c(NCCCc3ccncc3)cc(C(F)(F)F)cn12. The van der Waals surface area contributed by atoms with E-state index in [0.717, 1.165) is 28.6 Å². The summed E-state index contributed by atoms with van der Waals surface area (Å²) in [5.74, 6) is 0. The maximum atomic E-state index is 13.0. The monoisotopic (exact) mass is 337 g/mol. The van der Waals surface area contributed by atoms with Crippen LogP contribution in [0.4, 0.5) is 18.9 Å². The molecule has 0 spiro atoms. The van der Waals surface area contributed by atoms with Gasteiger partial charge in [0.15, 0.2) is 5.65 Å². The van der Waals surface area contributed by atoms with E-state index in [2.05, 4.69) is 20.5 Å². The Morgan fingerprint density at radius 3 is 2.71 bits per heavy atom. The normalized spacial score (nSPS) is 11.8. The summed E-state index contributed by atoms with van der Waals surface area (Å²) < 4.78 is 39.7. The maximum absolute atomic E-state index is 13.0. The Kier molecular flexibility index (Phi) is 4.24. The second-order valence-corrected chi connectivity index (χ2v) is 5.25. The molecule has 0 saturated carbocycles. The van der Waals surface area contributed by atoms with Gasteiger partial charge in [0, 0.05) is 25.1 Å². The summed E-state index contributed by atoms with van der Waals surface area (Å²) in [7, 11) is 0. The van der Waals surface area contributed by atoms with Gasteiger partial charge in [-0.3, -0.25) is 4.98 Å². The van der Waals surface area contributed by atoms with Gasteiger partial charge < -0.3 is 5.32 Å². The van der Waals surface area contributed by atoms with Crippen LogP contribution < -0.4 is 11.0 Å². The molecule has 6 nitrogen and oxygen atoms in total. The fraction of sp³-hybridized carbons (Fsp3) is 0.267. The smallest absolute Gasteiger partial charge is 0.382 e. The van der Waals surface area contributed by atoms with E-state index >= 15 is 0 Å². The van der Waals surface area contributed by atoms with Crippen molar-refractivity contribution in [1.29, 1.82) is 0 Å². The van der Waals surface area contributed by atoms with E-state index < -0.39 is 17.4 Å². The molecule has 0 aliphatic carbocycles. The van der Waals surface area contributed by atoms with Gasteiger partial charge in [-0.2, -0.15) is 18.3 Å². The molecule has 3 aromatic heterocycles. The highest BCUT2D eigenvalue weighted by Gasteiger charge is 2.32. The van der Waals surface area contributed by atoms with Crippen LogP contribution in [-0.2, 0) is 12.6 Å². The molecule has 0 aliphatic rings. The number of nitrogens with zero attached hydrogens (tertiary/aromatic N) is 3. The largest absolute Gasteiger partial charge is 0.417 e. The van der Waals surface area contributed by atoms with Crippen LogP contribution in [0.25, 0.3) is 5.65 Å². The van der Waals surface area contributed by atoms with Crippen molar-refractivity contribution < 1.29 is 13.2 Å². The van der Waals surface area contributed by atoms with Crippen LogP contribution in [0.15, 0.2) is 41.6 Å². The number of rotatable bonds is 5. The zero-order valence-corrected chi connectivity index (χ0v) is 12.5. The molecule has 9 heteroatoms. The molecule has 3 heterocycles. The van der Waals surface area contributed by atoms with E-state index in [1.54, 1.807) is 12.4 Å². The Labute approximate surface area is 134 Å². The first-order chi connectivity index (χ1) is 11.4. The number of fused-ring (bicyclic) bond motifs is 1. The Morgan fingerprint density at radius 1 is 1.25 bits per heavy atom. The molecule has 3 aromatic rings. The van der Waals surface area contributed by atoms with Crippen LogP contribution in [0.2, 0.25) is 0 Å². The number of anilines is 1. The molecule has 0 aliphatic heterocycles. The fourth-order valence-electron chi connectivity index (χ4n) is 2.36. The van der Waals surface area contributed by atoms with E-state index in [9.17, 15) is 18.0 Å². The molecule has 3 rings (SSSR count). The molecule has 2 N–H and O–H groups in total. The van der Waals surface area contributed by atoms with Crippen LogP contribution in [0.1, 0.15) is 17.5 Å². The van der Waals surface area contributed by atoms with E-state index in [1.807, 2.05) is 12.1 Å². The van der Waals surface area contributed by atoms with Crippen molar-refractivity contribution >= 4 is 11.3 Å². The fourth-order valence-corrected chi connectivity index (χ4v) is 2.36. The number of nitrogens with one attached hydrogen (secondary N) is 2. The van der Waals surface area contributed by atoms with Gasteiger partial charge in [-0.25, -0.2) is 14.3 Å². The van der Waals surface area contributed by atoms with Crippen LogP contribution in [0, 0.1) is 0 Å². The third-order valence-corrected chi connectivity index (χ3v) is 3.55. The first kappa shape index (κ1) is 16.0. The van der Waals surface area contributed by atoms with Gasteiger partial charge in [-0.05, 0) is 36.6 Å². The number of aromatic nitrogens is 4. The van der Waals surface area contributed by atoms with E-state index in [-0.39, 0.29) is 11.3 Å². The second-order valence-electron chi connectivity index (χ2n) is 5.25. The molecule has 24 heavy (non-hydrogen) atoms. The van der Waals surface area contributed by atoms with Crippen molar-refractivity contribution in [2.75, 3.05) is 11.9 Å². The van der Waals surface area contributed by atoms with Crippen molar-refractivity contribution in [3.63, 3.8) is 0 Å². The van der Waals surface area contributed by atoms with Gasteiger partial charge in [0.1, 0.15) is 0 Å². The highest BCUT2D eigenvalue weighted by Crippen LogP contribution is 2.31. The number of pyridine rings is 2. The zero-order valence-electron chi connectivity index (χ0n) is 12.5. The van der Waals surface area contributed by atoms with Crippen LogP contribution in [0.5, 0.6) is 0 Å². The molecular weight excluding hydrogens is 323 g/mol. The number of halogens is 3. The van der Waals surface area contributed by atoms with Crippen LogP contribution in [0.3, 0.4) is 0 Å². The van der Waals surface area contributed by atoms with Gasteiger partial charge in [0.05, 0.1) is 11.3 Å². The van der Waals surface area contributed by atoms with Gasteiger partial charge >= 0.3 is 11.9 Å². The number of hydrogen-bond donors (Lipinski definition) is 2. The van der Waals surface area contributed by atoms with E-state index in [0.29, 0.717) is 13.0 Å². The molecule has 0 fully saturated rings. The highest BCUT2D eigenvalue weighted by atomic mass is 19.4. The molecule has 0 aromatic carbocycles. The van der Waals surface area contributed by atoms with Crippen LogP contribution in [-0.4, -0.2) is 26.1 Å². The van der Waals surface area contributed by atoms with Crippen LogP contribution >= 0.6 is 0 Å². The molecule has 0 amide bonds. The third-order valence-electron chi connectivity index (χ3n) is 3.55. The third kappa shape index (κ3) is 3.39. The first-order valence-electron chi connectivity index (χ1n) is 7.26. The summed E-state index contributed by atoms with van der Waals surface area (Å²) in [5, 5.41) is 8.85. The summed E-state index contributed by atoms with van der Waals surface area (Å²) in [6.45, 7) is 0.445. The number of aromatic amines is 1. The Hall–Kier alpha value is -2.84. The van der Waals surface area contributed by atoms with E-state index in [4.69, 9.17) is 0 Å². The number of aryl methyl sites for hydroxylation is 1. The minimum Gasteiger partial charge on any atom is -0.382 e.